The van der Waals surface area contributed by atoms with Crippen LogP contribution in [0.5, 0.6) is 0 Å². The fourth-order valence-electron chi connectivity index (χ4n) is 10.1. The van der Waals surface area contributed by atoms with Crippen LogP contribution in [-0.2, 0) is 0 Å². The normalized spacial score (nSPS) is 11.2. The van der Waals surface area contributed by atoms with Crippen LogP contribution in [0.2, 0.25) is 0 Å². The minimum absolute atomic E-state index is 1.06. The maximum Gasteiger partial charge on any atom is 0.0619 e. The van der Waals surface area contributed by atoms with E-state index < -0.39 is 0 Å². The van der Waals surface area contributed by atoms with Crippen LogP contribution in [0.15, 0.2) is 279 Å². The average Bonchev–Trinajstić information content (AvgIpc) is 3.77. The van der Waals surface area contributed by atoms with E-state index in [2.05, 4.69) is 289 Å². The first-order chi connectivity index (χ1) is 33.8. The summed E-state index contributed by atoms with van der Waals surface area (Å²) in [7, 11) is 0. The van der Waals surface area contributed by atoms with Gasteiger partial charge in [0.1, 0.15) is 0 Å². The molecule has 0 N–H and O–H groups in total. The molecule has 0 saturated carbocycles. The molecule has 1 heterocycles. The molecule has 0 aliphatic rings. The second-order valence-electron chi connectivity index (χ2n) is 17.2. The molecule has 11 aromatic carbocycles. The van der Waals surface area contributed by atoms with Gasteiger partial charge in [0.2, 0.25) is 0 Å². The molecule has 0 atom stereocenters. The zero-order valence-electron chi connectivity index (χ0n) is 37.5. The highest BCUT2D eigenvalue weighted by Gasteiger charge is 2.25. The van der Waals surface area contributed by atoms with Crippen LogP contribution in [0.1, 0.15) is 0 Å². The van der Waals surface area contributed by atoms with Crippen molar-refractivity contribution >= 4 is 38.9 Å². The molecule has 0 saturated heterocycles. The van der Waals surface area contributed by atoms with Gasteiger partial charge in [0.15, 0.2) is 0 Å². The summed E-state index contributed by atoms with van der Waals surface area (Å²) >= 11 is 0. The Morgan fingerprint density at radius 1 is 0.250 bits per heavy atom. The number of para-hydroxylation sites is 4. The van der Waals surface area contributed by atoms with E-state index in [0.29, 0.717) is 0 Å². The number of anilines is 3. The third kappa shape index (κ3) is 7.35. The van der Waals surface area contributed by atoms with E-state index in [-0.39, 0.29) is 0 Å². The van der Waals surface area contributed by atoms with Gasteiger partial charge in [-0.25, -0.2) is 0 Å². The van der Waals surface area contributed by atoms with E-state index in [0.717, 1.165) is 50.6 Å². The van der Waals surface area contributed by atoms with Crippen molar-refractivity contribution in [2.75, 3.05) is 4.90 Å². The molecular weight excluding hydrogens is 821 g/mol. The lowest BCUT2D eigenvalue weighted by molar-refractivity contribution is 1.18. The average molecular weight is 867 g/mol. The third-order valence-corrected chi connectivity index (χ3v) is 13.2. The number of rotatable bonds is 10. The van der Waals surface area contributed by atoms with Crippen molar-refractivity contribution in [3.63, 3.8) is 0 Å². The molecule has 0 fully saturated rings. The van der Waals surface area contributed by atoms with Gasteiger partial charge in [-0.05, 0) is 92.5 Å². The Morgan fingerprint density at radius 2 is 0.676 bits per heavy atom. The molecule has 0 spiro atoms. The highest BCUT2D eigenvalue weighted by atomic mass is 15.1. The predicted octanol–water partition coefficient (Wildman–Crippen LogP) is 18.3. The number of fused-ring (bicyclic) bond motifs is 3. The Balaban J connectivity index is 1.09. The van der Waals surface area contributed by atoms with Crippen molar-refractivity contribution in [2.45, 2.75) is 0 Å². The van der Waals surface area contributed by atoms with Crippen LogP contribution >= 0.6 is 0 Å². The van der Waals surface area contributed by atoms with Crippen molar-refractivity contribution in [3.05, 3.63) is 279 Å². The Bertz CT molecular complexity index is 3690. The van der Waals surface area contributed by atoms with Crippen molar-refractivity contribution < 1.29 is 0 Å². The summed E-state index contributed by atoms with van der Waals surface area (Å²) in [6, 6.07) is 101. The molecule has 12 aromatic rings. The molecule has 68 heavy (non-hydrogen) atoms. The lowest BCUT2D eigenvalue weighted by Gasteiger charge is -2.31. The first kappa shape index (κ1) is 40.5. The summed E-state index contributed by atoms with van der Waals surface area (Å²) in [6.07, 6.45) is 0. The fraction of sp³-hybridized carbons (Fsp3) is 0. The first-order valence-corrected chi connectivity index (χ1v) is 23.3. The number of hydrogen-bond acceptors (Lipinski definition) is 1. The molecule has 0 aliphatic carbocycles. The number of aromatic nitrogens is 1. The van der Waals surface area contributed by atoms with Crippen molar-refractivity contribution in [1.82, 2.24) is 4.57 Å². The SMILES string of the molecule is c1ccc(-c2ccc(-c3ccccc3N(c3ccc(-c4cccc5c6ccccc6n(-c6ccccc6)c45)cc3)c3cccc(-c4ccccc4)c3-c3ccccc3-c3ccccc3)cc2)cc1. The van der Waals surface area contributed by atoms with E-state index in [9.17, 15) is 0 Å². The van der Waals surface area contributed by atoms with Gasteiger partial charge in [-0.1, -0.05) is 237 Å². The molecule has 0 bridgehead atoms. The lowest BCUT2D eigenvalue weighted by atomic mass is 9.87. The van der Waals surface area contributed by atoms with Gasteiger partial charge in [-0.2, -0.15) is 0 Å². The fourth-order valence-corrected chi connectivity index (χ4v) is 10.1. The molecule has 0 radical (unpaired) electrons. The van der Waals surface area contributed by atoms with E-state index in [1.54, 1.807) is 0 Å². The van der Waals surface area contributed by atoms with Crippen molar-refractivity contribution in [2.24, 2.45) is 0 Å². The molecule has 0 aliphatic heterocycles. The summed E-state index contributed by atoms with van der Waals surface area (Å²) in [5.74, 6) is 0. The molecular formula is C66H46N2. The Hall–Kier alpha value is -8.98. The van der Waals surface area contributed by atoms with E-state index in [1.807, 2.05) is 0 Å². The van der Waals surface area contributed by atoms with E-state index in [1.165, 1.54) is 60.8 Å². The monoisotopic (exact) mass is 866 g/mol. The Kier molecular flexibility index (Phi) is 10.6. The minimum Gasteiger partial charge on any atom is -0.309 e. The van der Waals surface area contributed by atoms with Crippen LogP contribution in [0.25, 0.3) is 94.3 Å². The topological polar surface area (TPSA) is 8.17 Å². The molecule has 2 heteroatoms. The third-order valence-electron chi connectivity index (χ3n) is 13.2. The Labute approximate surface area is 397 Å². The van der Waals surface area contributed by atoms with Crippen molar-refractivity contribution in [3.8, 4) is 72.4 Å². The maximum absolute atomic E-state index is 2.48. The summed E-state index contributed by atoms with van der Waals surface area (Å²) in [4.78, 5) is 2.48. The van der Waals surface area contributed by atoms with Crippen LogP contribution in [-0.4, -0.2) is 4.57 Å². The summed E-state index contributed by atoms with van der Waals surface area (Å²) in [5, 5.41) is 2.48. The standard InChI is InChI=1S/C66H46N2/c1-5-21-47(22-6-1)48-39-41-51(42-40-48)56-30-15-17-36-62(56)67(64-38-20-33-57(50-25-9-3-10-26-50)65(64)60-32-14-13-29-55(60)49-23-7-2-8-24-49)54-45-43-52(44-46-54)58-34-19-35-61-59-31-16-18-37-63(59)68(66(58)61)53-27-11-4-12-28-53/h1-46H. The van der Waals surface area contributed by atoms with Gasteiger partial charge in [0.25, 0.3) is 0 Å². The molecule has 1 aromatic heterocycles. The molecule has 0 amide bonds. The number of hydrogen-bond donors (Lipinski definition) is 0. The van der Waals surface area contributed by atoms with Gasteiger partial charge in [0, 0.05) is 38.8 Å². The van der Waals surface area contributed by atoms with E-state index >= 15 is 0 Å². The molecule has 0 unspecified atom stereocenters. The zero-order valence-corrected chi connectivity index (χ0v) is 37.5. The number of nitrogens with zero attached hydrogens (tertiary/aromatic N) is 2. The first-order valence-electron chi connectivity index (χ1n) is 23.3. The largest absolute Gasteiger partial charge is 0.309 e. The van der Waals surface area contributed by atoms with Crippen LogP contribution in [0.4, 0.5) is 17.1 Å². The second-order valence-corrected chi connectivity index (χ2v) is 17.2. The van der Waals surface area contributed by atoms with E-state index in [4.69, 9.17) is 0 Å². The highest BCUT2D eigenvalue weighted by Crippen LogP contribution is 2.50. The predicted molar refractivity (Wildman–Crippen MR) is 288 cm³/mol. The second kappa shape index (κ2) is 17.8. The van der Waals surface area contributed by atoms with Gasteiger partial charge in [-0.3, -0.25) is 0 Å². The number of benzene rings is 11. The van der Waals surface area contributed by atoms with Crippen LogP contribution in [0, 0.1) is 0 Å². The Morgan fingerprint density at radius 3 is 1.38 bits per heavy atom. The smallest absolute Gasteiger partial charge is 0.0619 e. The van der Waals surface area contributed by atoms with Gasteiger partial charge >= 0.3 is 0 Å². The lowest BCUT2D eigenvalue weighted by Crippen LogP contribution is -2.13. The zero-order chi connectivity index (χ0) is 45.2. The summed E-state index contributed by atoms with van der Waals surface area (Å²) in [6.45, 7) is 0. The quantitative estimate of drug-likeness (QED) is 0.133. The highest BCUT2D eigenvalue weighted by molar-refractivity contribution is 6.14. The van der Waals surface area contributed by atoms with Crippen LogP contribution < -0.4 is 4.90 Å². The van der Waals surface area contributed by atoms with Gasteiger partial charge < -0.3 is 9.47 Å². The van der Waals surface area contributed by atoms with Gasteiger partial charge in [-0.15, -0.1) is 0 Å². The molecule has 12 rings (SSSR count). The minimum atomic E-state index is 1.06. The molecule has 320 valence electrons. The van der Waals surface area contributed by atoms with Crippen molar-refractivity contribution in [1.29, 1.82) is 0 Å². The summed E-state index contributed by atoms with van der Waals surface area (Å²) < 4.78 is 2.42. The summed E-state index contributed by atoms with van der Waals surface area (Å²) in [5.41, 5.74) is 20.8. The van der Waals surface area contributed by atoms with Crippen LogP contribution in [0.3, 0.4) is 0 Å². The van der Waals surface area contributed by atoms with Gasteiger partial charge in [0.05, 0.1) is 22.4 Å². The maximum atomic E-state index is 2.48. The molecule has 2 nitrogen and oxygen atoms in total.